The monoisotopic (exact) mass is 591 g/mol. The summed E-state index contributed by atoms with van der Waals surface area (Å²) >= 11 is 0. The second-order valence-electron chi connectivity index (χ2n) is 10.8. The number of ether oxygens (including phenoxy) is 1. The van der Waals surface area contributed by atoms with Crippen molar-refractivity contribution < 1.29 is 33.0 Å². The van der Waals surface area contributed by atoms with Gasteiger partial charge in [0.1, 0.15) is 6.04 Å². The number of sulfonamides is 1. The number of carbonyl (C=O) groups is 2. The van der Waals surface area contributed by atoms with Gasteiger partial charge < -0.3 is 25.6 Å². The lowest BCUT2D eigenvalue weighted by Gasteiger charge is -2.31. The van der Waals surface area contributed by atoms with Gasteiger partial charge in [-0.2, -0.15) is 4.31 Å². The van der Waals surface area contributed by atoms with Gasteiger partial charge in [-0.25, -0.2) is 13.2 Å². The number of rotatable bonds is 16. The average Bonchev–Trinajstić information content (AvgIpc) is 2.94. The summed E-state index contributed by atoms with van der Waals surface area (Å²) in [5.74, 6) is -0.318. The number of carbonyl (C=O) groups excluding carboxylic acids is 2. The predicted molar refractivity (Wildman–Crippen MR) is 158 cm³/mol. The lowest BCUT2D eigenvalue weighted by Crippen LogP contribution is -2.50. The number of hydrogen-bond donors (Lipinski definition) is 4. The Balaban J connectivity index is 2.06. The molecule has 2 rings (SSSR count). The van der Waals surface area contributed by atoms with Crippen LogP contribution in [0.5, 0.6) is 0 Å². The molecule has 0 bridgehead atoms. The number of amides is 2. The molecule has 0 aromatic heterocycles. The third kappa shape index (κ3) is 10.4. The first-order valence-electron chi connectivity index (χ1n) is 13.9. The number of alkyl carbamates (subject to hydrolysis) is 1. The maximum absolute atomic E-state index is 13.5. The van der Waals surface area contributed by atoms with E-state index in [4.69, 9.17) is 4.74 Å². The van der Waals surface area contributed by atoms with Crippen molar-refractivity contribution in [3.8, 4) is 0 Å². The molecule has 0 aliphatic rings. The van der Waals surface area contributed by atoms with Crippen molar-refractivity contribution >= 4 is 22.0 Å². The minimum Gasteiger partial charge on any atom is -0.453 e. The van der Waals surface area contributed by atoms with E-state index < -0.39 is 28.2 Å². The molecule has 0 saturated carbocycles. The summed E-state index contributed by atoms with van der Waals surface area (Å²) in [4.78, 5) is 25.1. The van der Waals surface area contributed by atoms with E-state index in [-0.39, 0.29) is 42.5 Å². The number of nitrogens with one attached hydrogen (secondary N) is 2. The molecule has 0 heterocycles. The Labute approximate surface area is 244 Å². The summed E-state index contributed by atoms with van der Waals surface area (Å²) < 4.78 is 33.1. The van der Waals surface area contributed by atoms with Crippen LogP contribution < -0.4 is 10.6 Å². The number of hydrogen-bond acceptors (Lipinski definition) is 7. The van der Waals surface area contributed by atoms with Gasteiger partial charge in [0, 0.05) is 25.0 Å². The summed E-state index contributed by atoms with van der Waals surface area (Å²) in [6, 6.07) is 12.0. The molecule has 2 aromatic carbocycles. The minimum absolute atomic E-state index is 0.0289. The predicted octanol–water partition coefficient (Wildman–Crippen LogP) is 3.14. The highest BCUT2D eigenvalue weighted by atomic mass is 32.2. The van der Waals surface area contributed by atoms with Crippen LogP contribution in [0.4, 0.5) is 4.79 Å². The standard InChI is InChI=1S/C30H45N3O7S/c1-21(2)18-33(41(38,39)27-15-13-24(19-34)14-16-27)26(20-35)12-8-10-23(4)31-29(36)28(32-30(37)40-5)17-25-11-7-6-9-22(25)3/h6-7,9,11,13-16,21,23,26,28,34-35H,8,10,12,17-20H2,1-5H3,(H,31,36)(H,32,37)/t23-,26-,28-/m0/s1. The summed E-state index contributed by atoms with van der Waals surface area (Å²) in [7, 11) is -2.65. The Morgan fingerprint density at radius 1 is 0.976 bits per heavy atom. The highest BCUT2D eigenvalue weighted by molar-refractivity contribution is 7.89. The molecule has 2 amide bonds. The van der Waals surface area contributed by atoms with Crippen molar-refractivity contribution in [2.45, 2.75) is 83.0 Å². The van der Waals surface area contributed by atoms with Crippen molar-refractivity contribution in [2.75, 3.05) is 20.3 Å². The van der Waals surface area contributed by atoms with Gasteiger partial charge in [0.15, 0.2) is 0 Å². The zero-order valence-corrected chi connectivity index (χ0v) is 25.5. The normalized spacial score (nSPS) is 14.0. The van der Waals surface area contributed by atoms with Crippen molar-refractivity contribution in [3.63, 3.8) is 0 Å². The van der Waals surface area contributed by atoms with Crippen LogP contribution in [0.15, 0.2) is 53.4 Å². The number of benzene rings is 2. The molecule has 228 valence electrons. The Bertz CT molecular complexity index is 1220. The third-order valence-corrected chi connectivity index (χ3v) is 8.85. The summed E-state index contributed by atoms with van der Waals surface area (Å²) in [6.45, 7) is 7.33. The maximum Gasteiger partial charge on any atom is 0.407 e. The molecule has 0 unspecified atom stereocenters. The van der Waals surface area contributed by atoms with Crippen LogP contribution >= 0.6 is 0 Å². The largest absolute Gasteiger partial charge is 0.453 e. The molecule has 0 spiro atoms. The van der Waals surface area contributed by atoms with Crippen molar-refractivity contribution in [2.24, 2.45) is 5.92 Å². The molecule has 0 saturated heterocycles. The van der Waals surface area contributed by atoms with Crippen LogP contribution in [-0.4, -0.2) is 73.3 Å². The number of aliphatic hydroxyl groups is 2. The van der Waals surface area contributed by atoms with E-state index >= 15 is 0 Å². The van der Waals surface area contributed by atoms with Gasteiger partial charge in [0.25, 0.3) is 0 Å². The smallest absolute Gasteiger partial charge is 0.407 e. The molecule has 0 aliphatic heterocycles. The van der Waals surface area contributed by atoms with E-state index in [0.29, 0.717) is 31.2 Å². The quantitative estimate of drug-likeness (QED) is 0.235. The van der Waals surface area contributed by atoms with Crippen molar-refractivity contribution in [1.82, 2.24) is 14.9 Å². The van der Waals surface area contributed by atoms with E-state index in [1.54, 1.807) is 12.1 Å². The van der Waals surface area contributed by atoms with Gasteiger partial charge in [0.05, 0.1) is 25.2 Å². The van der Waals surface area contributed by atoms with Crippen LogP contribution in [0.2, 0.25) is 0 Å². The maximum atomic E-state index is 13.5. The first kappa shape index (κ1) is 34.2. The fourth-order valence-corrected chi connectivity index (χ4v) is 6.39. The molecule has 10 nitrogen and oxygen atoms in total. The van der Waals surface area contributed by atoms with Crippen LogP contribution in [-0.2, 0) is 32.6 Å². The number of aryl methyl sites for hydroxylation is 1. The third-order valence-electron chi connectivity index (χ3n) is 6.92. The zero-order chi connectivity index (χ0) is 30.6. The lowest BCUT2D eigenvalue weighted by molar-refractivity contribution is -0.123. The SMILES string of the molecule is COC(=O)N[C@@H](Cc1ccccc1C)C(=O)N[C@@H](C)CCC[C@@H](CO)N(CC(C)C)S(=O)(=O)c1ccc(CO)cc1. The second-order valence-corrected chi connectivity index (χ2v) is 12.7. The highest BCUT2D eigenvalue weighted by Gasteiger charge is 2.32. The number of methoxy groups -OCH3 is 1. The Kier molecular flexibility index (Phi) is 13.7. The lowest BCUT2D eigenvalue weighted by atomic mass is 10.00. The molecule has 11 heteroatoms. The van der Waals surface area contributed by atoms with Crippen molar-refractivity contribution in [1.29, 1.82) is 0 Å². The van der Waals surface area contributed by atoms with E-state index in [1.165, 1.54) is 23.5 Å². The summed E-state index contributed by atoms with van der Waals surface area (Å²) in [5, 5.41) is 25.0. The second kappa shape index (κ2) is 16.5. The summed E-state index contributed by atoms with van der Waals surface area (Å²) in [6.07, 6.45) is 1.08. The van der Waals surface area contributed by atoms with Gasteiger partial charge in [-0.1, -0.05) is 50.2 Å². The van der Waals surface area contributed by atoms with Gasteiger partial charge in [-0.05, 0) is 67.9 Å². The number of aliphatic hydroxyl groups excluding tert-OH is 2. The van der Waals surface area contributed by atoms with E-state index in [0.717, 1.165) is 11.1 Å². The first-order valence-corrected chi connectivity index (χ1v) is 15.4. The fraction of sp³-hybridized carbons (Fsp3) is 0.533. The number of nitrogens with zero attached hydrogens (tertiary/aromatic N) is 1. The van der Waals surface area contributed by atoms with E-state index in [2.05, 4.69) is 10.6 Å². The molecule has 0 radical (unpaired) electrons. The van der Waals surface area contributed by atoms with Crippen molar-refractivity contribution in [3.05, 3.63) is 65.2 Å². The van der Waals surface area contributed by atoms with Gasteiger partial charge >= 0.3 is 6.09 Å². The van der Waals surface area contributed by atoms with Crippen LogP contribution in [0.25, 0.3) is 0 Å². The highest BCUT2D eigenvalue weighted by Crippen LogP contribution is 2.23. The minimum atomic E-state index is -3.89. The molecule has 3 atom stereocenters. The van der Waals surface area contributed by atoms with Crippen LogP contribution in [0.3, 0.4) is 0 Å². The van der Waals surface area contributed by atoms with Crippen LogP contribution in [0.1, 0.15) is 56.7 Å². The molecule has 2 aromatic rings. The molecular weight excluding hydrogens is 546 g/mol. The topological polar surface area (TPSA) is 145 Å². The van der Waals surface area contributed by atoms with Gasteiger partial charge in [-0.15, -0.1) is 0 Å². The van der Waals surface area contributed by atoms with E-state index in [1.807, 2.05) is 52.0 Å². The Hall–Kier alpha value is -2.99. The Morgan fingerprint density at radius 2 is 1.63 bits per heavy atom. The molecule has 0 fully saturated rings. The first-order chi connectivity index (χ1) is 19.4. The Morgan fingerprint density at radius 3 is 2.20 bits per heavy atom. The zero-order valence-electron chi connectivity index (χ0n) is 24.7. The van der Waals surface area contributed by atoms with Gasteiger partial charge in [0.2, 0.25) is 15.9 Å². The van der Waals surface area contributed by atoms with Crippen LogP contribution in [0, 0.1) is 12.8 Å². The molecular formula is C30H45N3O7S. The summed E-state index contributed by atoms with van der Waals surface area (Å²) in [5.41, 5.74) is 2.54. The average molecular weight is 592 g/mol. The molecule has 4 N–H and O–H groups in total. The fourth-order valence-electron chi connectivity index (χ4n) is 4.58. The van der Waals surface area contributed by atoms with E-state index in [9.17, 15) is 28.2 Å². The molecule has 41 heavy (non-hydrogen) atoms. The van der Waals surface area contributed by atoms with Gasteiger partial charge in [-0.3, -0.25) is 4.79 Å². The molecule has 0 aliphatic carbocycles.